The lowest BCUT2D eigenvalue weighted by Crippen LogP contribution is -2.22. The molecule has 0 saturated carbocycles. The summed E-state index contributed by atoms with van der Waals surface area (Å²) in [5.74, 6) is 0.915. The second kappa shape index (κ2) is 11.8. The number of carbonyl (C=O) groups excluding carboxylic acids is 1. The van der Waals surface area contributed by atoms with Crippen LogP contribution < -0.4 is 16.0 Å². The van der Waals surface area contributed by atoms with Crippen LogP contribution in [-0.2, 0) is 4.79 Å². The predicted octanol–water partition coefficient (Wildman–Crippen LogP) is 2.45. The Bertz CT molecular complexity index is 369. The zero-order valence-electron chi connectivity index (χ0n) is 12.0. The van der Waals surface area contributed by atoms with Gasteiger partial charge in [0.2, 0.25) is 5.91 Å². The van der Waals surface area contributed by atoms with Crippen molar-refractivity contribution < 1.29 is 4.79 Å². The monoisotopic (exact) mass is 322 g/mol. The van der Waals surface area contributed by atoms with Crippen molar-refractivity contribution in [2.75, 3.05) is 29.9 Å². The lowest BCUT2D eigenvalue weighted by atomic mass is 10.3. The average molecular weight is 323 g/mol. The summed E-state index contributed by atoms with van der Waals surface area (Å²) < 4.78 is 0. The van der Waals surface area contributed by atoms with Gasteiger partial charge >= 0.3 is 0 Å². The number of anilines is 2. The van der Waals surface area contributed by atoms with E-state index in [1.54, 1.807) is 6.20 Å². The van der Waals surface area contributed by atoms with Crippen LogP contribution in [0.15, 0.2) is 18.3 Å². The third-order valence-electron chi connectivity index (χ3n) is 2.73. The molecule has 1 aromatic rings. The fourth-order valence-corrected chi connectivity index (χ4v) is 1.68. The number of hydrogen-bond acceptors (Lipinski definition) is 4. The topological polar surface area (TPSA) is 71.2 Å². The van der Waals surface area contributed by atoms with Crippen molar-refractivity contribution in [1.29, 1.82) is 0 Å². The number of amides is 1. The molecule has 116 valence electrons. The Labute approximate surface area is 133 Å². The zero-order valence-corrected chi connectivity index (χ0v) is 13.6. The van der Waals surface area contributed by atoms with Crippen LogP contribution in [0.4, 0.5) is 11.5 Å². The summed E-state index contributed by atoms with van der Waals surface area (Å²) in [7, 11) is 0. The maximum atomic E-state index is 11.5. The molecule has 1 amide bonds. The van der Waals surface area contributed by atoms with E-state index in [1.807, 2.05) is 12.1 Å². The Morgan fingerprint density at radius 3 is 2.40 bits per heavy atom. The summed E-state index contributed by atoms with van der Waals surface area (Å²) in [6.45, 7) is 6.56. The summed E-state index contributed by atoms with van der Waals surface area (Å²) in [6.07, 6.45) is 2.85. The van der Waals surface area contributed by atoms with Gasteiger partial charge in [-0.3, -0.25) is 4.79 Å². The highest BCUT2D eigenvalue weighted by molar-refractivity contribution is 5.90. The molecule has 0 fully saturated rings. The van der Waals surface area contributed by atoms with Crippen LogP contribution in [0, 0.1) is 0 Å². The largest absolute Gasteiger partial charge is 0.357 e. The minimum absolute atomic E-state index is 0. The Kier molecular flexibility index (Phi) is 12.5. The third-order valence-corrected chi connectivity index (χ3v) is 2.73. The molecule has 1 heterocycles. The standard InChI is InChI=1S/C13H22N4O.2ClH/c1-3-17(4-2)12-8-7-11(10-15-12)16-13(18)6-5-9-14;;/h7-8,10H,3-6,9,14H2,1-2H3,(H,16,18);2*1H. The summed E-state index contributed by atoms with van der Waals surface area (Å²) >= 11 is 0. The zero-order chi connectivity index (χ0) is 13.4. The highest BCUT2D eigenvalue weighted by atomic mass is 35.5. The number of hydrogen-bond donors (Lipinski definition) is 2. The van der Waals surface area contributed by atoms with Gasteiger partial charge in [-0.1, -0.05) is 0 Å². The maximum absolute atomic E-state index is 11.5. The maximum Gasteiger partial charge on any atom is 0.224 e. The first-order valence-electron chi connectivity index (χ1n) is 6.42. The molecule has 0 aliphatic carbocycles. The summed E-state index contributed by atoms with van der Waals surface area (Å²) in [5, 5.41) is 2.80. The number of rotatable bonds is 7. The van der Waals surface area contributed by atoms with Crippen molar-refractivity contribution in [3.8, 4) is 0 Å². The molecule has 0 saturated heterocycles. The molecule has 1 aromatic heterocycles. The van der Waals surface area contributed by atoms with E-state index in [-0.39, 0.29) is 30.7 Å². The van der Waals surface area contributed by atoms with E-state index in [1.165, 1.54) is 0 Å². The van der Waals surface area contributed by atoms with E-state index in [4.69, 9.17) is 5.73 Å². The molecule has 5 nitrogen and oxygen atoms in total. The van der Waals surface area contributed by atoms with Gasteiger partial charge in [0.05, 0.1) is 11.9 Å². The highest BCUT2D eigenvalue weighted by Gasteiger charge is 2.05. The van der Waals surface area contributed by atoms with Gasteiger partial charge in [0, 0.05) is 19.5 Å². The quantitative estimate of drug-likeness (QED) is 0.808. The van der Waals surface area contributed by atoms with Crippen LogP contribution in [0.5, 0.6) is 0 Å². The molecule has 7 heteroatoms. The second-order valence-electron chi connectivity index (χ2n) is 4.02. The van der Waals surface area contributed by atoms with Crippen LogP contribution in [0.3, 0.4) is 0 Å². The number of carbonyl (C=O) groups is 1. The average Bonchev–Trinajstić information content (AvgIpc) is 2.40. The van der Waals surface area contributed by atoms with E-state index >= 15 is 0 Å². The van der Waals surface area contributed by atoms with Crippen LogP contribution in [0.25, 0.3) is 0 Å². The molecule has 0 aliphatic rings. The SMILES string of the molecule is CCN(CC)c1ccc(NC(=O)CCCN)cn1.Cl.Cl. The molecule has 0 radical (unpaired) electrons. The van der Waals surface area contributed by atoms with Crippen molar-refractivity contribution >= 4 is 42.2 Å². The molecular weight excluding hydrogens is 299 g/mol. The van der Waals surface area contributed by atoms with Crippen LogP contribution in [0.2, 0.25) is 0 Å². The molecule has 0 aromatic carbocycles. The van der Waals surface area contributed by atoms with Gasteiger partial charge < -0.3 is 16.0 Å². The smallest absolute Gasteiger partial charge is 0.224 e. The van der Waals surface area contributed by atoms with E-state index in [0.29, 0.717) is 19.4 Å². The molecule has 3 N–H and O–H groups in total. The minimum atomic E-state index is -0.0159. The van der Waals surface area contributed by atoms with Gasteiger partial charge in [-0.25, -0.2) is 4.98 Å². The van der Waals surface area contributed by atoms with E-state index in [9.17, 15) is 4.79 Å². The summed E-state index contributed by atoms with van der Waals surface area (Å²) in [6, 6.07) is 3.80. The number of pyridine rings is 1. The van der Waals surface area contributed by atoms with E-state index < -0.39 is 0 Å². The Hall–Kier alpha value is -1.04. The molecular formula is C13H24Cl2N4O. The molecule has 20 heavy (non-hydrogen) atoms. The van der Waals surface area contributed by atoms with Crippen molar-refractivity contribution in [3.63, 3.8) is 0 Å². The molecule has 0 atom stereocenters. The highest BCUT2D eigenvalue weighted by Crippen LogP contribution is 2.14. The summed E-state index contributed by atoms with van der Waals surface area (Å²) in [5.41, 5.74) is 6.09. The van der Waals surface area contributed by atoms with Gasteiger partial charge in [0.25, 0.3) is 0 Å². The number of halogens is 2. The predicted molar refractivity (Wildman–Crippen MR) is 89.2 cm³/mol. The number of nitrogens with zero attached hydrogens (tertiary/aromatic N) is 2. The fraction of sp³-hybridized carbons (Fsp3) is 0.538. The van der Waals surface area contributed by atoms with Crippen molar-refractivity contribution in [1.82, 2.24) is 4.98 Å². The van der Waals surface area contributed by atoms with Gasteiger partial charge in [-0.15, -0.1) is 24.8 Å². The van der Waals surface area contributed by atoms with Gasteiger partial charge in [0.1, 0.15) is 5.82 Å². The van der Waals surface area contributed by atoms with Crippen LogP contribution >= 0.6 is 24.8 Å². The normalized spacial score (nSPS) is 9.15. The lowest BCUT2D eigenvalue weighted by molar-refractivity contribution is -0.116. The number of nitrogens with two attached hydrogens (primary N) is 1. The first-order valence-corrected chi connectivity index (χ1v) is 6.42. The number of aromatic nitrogens is 1. The third kappa shape index (κ3) is 6.93. The molecule has 0 unspecified atom stereocenters. The van der Waals surface area contributed by atoms with E-state index in [0.717, 1.165) is 24.6 Å². The van der Waals surface area contributed by atoms with Crippen LogP contribution in [-0.4, -0.2) is 30.5 Å². The fourth-order valence-electron chi connectivity index (χ4n) is 1.68. The molecule has 0 aliphatic heterocycles. The first kappa shape index (κ1) is 21.3. The summed E-state index contributed by atoms with van der Waals surface area (Å²) in [4.78, 5) is 18.0. The Morgan fingerprint density at radius 1 is 1.30 bits per heavy atom. The lowest BCUT2D eigenvalue weighted by Gasteiger charge is -2.19. The molecule has 0 spiro atoms. The van der Waals surface area contributed by atoms with Crippen molar-refractivity contribution in [3.05, 3.63) is 18.3 Å². The molecule has 1 rings (SSSR count). The van der Waals surface area contributed by atoms with Gasteiger partial charge in [-0.05, 0) is 38.9 Å². The first-order chi connectivity index (χ1) is 8.71. The van der Waals surface area contributed by atoms with Crippen molar-refractivity contribution in [2.24, 2.45) is 5.73 Å². The minimum Gasteiger partial charge on any atom is -0.357 e. The van der Waals surface area contributed by atoms with Crippen molar-refractivity contribution in [2.45, 2.75) is 26.7 Å². The van der Waals surface area contributed by atoms with Gasteiger partial charge in [0.15, 0.2) is 0 Å². The van der Waals surface area contributed by atoms with E-state index in [2.05, 4.69) is 29.0 Å². The van der Waals surface area contributed by atoms with Crippen LogP contribution in [0.1, 0.15) is 26.7 Å². The second-order valence-corrected chi connectivity index (χ2v) is 4.02. The number of nitrogens with one attached hydrogen (secondary N) is 1. The Balaban J connectivity index is 0. The van der Waals surface area contributed by atoms with Gasteiger partial charge in [-0.2, -0.15) is 0 Å². The molecule has 0 bridgehead atoms. The Morgan fingerprint density at radius 2 is 1.95 bits per heavy atom.